The van der Waals surface area contributed by atoms with Gasteiger partial charge in [-0.25, -0.2) is 4.79 Å². The normalized spacial score (nSPS) is 9.29. The third-order valence-electron chi connectivity index (χ3n) is 2.62. The van der Waals surface area contributed by atoms with E-state index in [0.717, 1.165) is 0 Å². The van der Waals surface area contributed by atoms with Crippen molar-refractivity contribution in [3.63, 3.8) is 0 Å². The number of rotatable bonds is 2. The first-order valence-electron chi connectivity index (χ1n) is 5.90. The van der Waals surface area contributed by atoms with Gasteiger partial charge in [-0.2, -0.15) is 10.5 Å². The zero-order chi connectivity index (χ0) is 15.2. The molecule has 0 aliphatic rings. The van der Waals surface area contributed by atoms with Gasteiger partial charge in [0.2, 0.25) is 0 Å². The number of nitrogens with zero attached hydrogens (tertiary/aromatic N) is 2. The average molecular weight is 297 g/mol. The summed E-state index contributed by atoms with van der Waals surface area (Å²) in [7, 11) is 0. The van der Waals surface area contributed by atoms with E-state index in [-0.39, 0.29) is 5.56 Å². The van der Waals surface area contributed by atoms with Crippen LogP contribution in [-0.2, 0) is 0 Å². The van der Waals surface area contributed by atoms with E-state index in [1.54, 1.807) is 36.4 Å². The Balaban J connectivity index is 2.08. The molecule has 102 valence electrons. The maximum Gasteiger partial charge on any atom is 0.323 e. The van der Waals surface area contributed by atoms with E-state index in [9.17, 15) is 4.79 Å². The molecule has 2 N–H and O–H groups in total. The first-order chi connectivity index (χ1) is 10.1. The maximum absolute atomic E-state index is 11.9. The monoisotopic (exact) mass is 296 g/mol. The molecule has 5 nitrogen and oxygen atoms in total. The van der Waals surface area contributed by atoms with Gasteiger partial charge in [0, 0.05) is 10.7 Å². The minimum Gasteiger partial charge on any atom is -0.308 e. The number of anilines is 2. The summed E-state index contributed by atoms with van der Waals surface area (Å²) >= 11 is 5.78. The van der Waals surface area contributed by atoms with Gasteiger partial charge in [-0.05, 0) is 42.5 Å². The van der Waals surface area contributed by atoms with E-state index in [1.165, 1.54) is 6.07 Å². The maximum atomic E-state index is 11.9. The molecule has 0 atom stereocenters. The molecule has 2 aromatic rings. The number of halogens is 1. The van der Waals surface area contributed by atoms with E-state index in [2.05, 4.69) is 10.6 Å². The Kier molecular flexibility index (Phi) is 4.40. The first-order valence-corrected chi connectivity index (χ1v) is 6.28. The fourth-order valence-electron chi connectivity index (χ4n) is 1.63. The number of benzene rings is 2. The SMILES string of the molecule is N#Cc1ccc(NC(=O)Nc2ccc(Cl)cc2C#N)cc1. The Morgan fingerprint density at radius 3 is 2.33 bits per heavy atom. The summed E-state index contributed by atoms with van der Waals surface area (Å²) in [6.07, 6.45) is 0. The van der Waals surface area contributed by atoms with Gasteiger partial charge in [0.25, 0.3) is 0 Å². The van der Waals surface area contributed by atoms with Gasteiger partial charge < -0.3 is 10.6 Å². The van der Waals surface area contributed by atoms with Crippen LogP contribution >= 0.6 is 11.6 Å². The van der Waals surface area contributed by atoms with Crippen molar-refractivity contribution in [1.29, 1.82) is 10.5 Å². The van der Waals surface area contributed by atoms with E-state index >= 15 is 0 Å². The van der Waals surface area contributed by atoms with Crippen LogP contribution in [0.1, 0.15) is 11.1 Å². The molecule has 2 amide bonds. The highest BCUT2D eigenvalue weighted by Crippen LogP contribution is 2.20. The summed E-state index contributed by atoms with van der Waals surface area (Å²) < 4.78 is 0. The predicted octanol–water partition coefficient (Wildman–Crippen LogP) is 3.73. The third-order valence-corrected chi connectivity index (χ3v) is 2.86. The highest BCUT2D eigenvalue weighted by atomic mass is 35.5. The molecular formula is C15H9ClN4O. The van der Waals surface area contributed by atoms with Crippen molar-refractivity contribution in [1.82, 2.24) is 0 Å². The Morgan fingerprint density at radius 2 is 1.71 bits per heavy atom. The van der Waals surface area contributed by atoms with Crippen LogP contribution in [0.4, 0.5) is 16.2 Å². The molecule has 0 saturated carbocycles. The van der Waals surface area contributed by atoms with Gasteiger partial charge in [0.1, 0.15) is 6.07 Å². The van der Waals surface area contributed by atoms with Crippen molar-refractivity contribution >= 4 is 29.0 Å². The van der Waals surface area contributed by atoms with E-state index < -0.39 is 6.03 Å². The van der Waals surface area contributed by atoms with E-state index in [1.807, 2.05) is 12.1 Å². The van der Waals surface area contributed by atoms with Crippen LogP contribution in [0.25, 0.3) is 0 Å². The second kappa shape index (κ2) is 6.42. The van der Waals surface area contributed by atoms with Crippen molar-refractivity contribution in [2.24, 2.45) is 0 Å². The highest BCUT2D eigenvalue weighted by Gasteiger charge is 2.07. The fourth-order valence-corrected chi connectivity index (χ4v) is 1.80. The summed E-state index contributed by atoms with van der Waals surface area (Å²) in [4.78, 5) is 11.9. The van der Waals surface area contributed by atoms with Gasteiger partial charge in [-0.15, -0.1) is 0 Å². The number of nitrogens with one attached hydrogen (secondary N) is 2. The van der Waals surface area contributed by atoms with Crippen LogP contribution in [0.5, 0.6) is 0 Å². The summed E-state index contributed by atoms with van der Waals surface area (Å²) in [6.45, 7) is 0. The Labute approximate surface area is 126 Å². The molecule has 0 aliphatic carbocycles. The van der Waals surface area contributed by atoms with Crippen molar-refractivity contribution in [3.05, 3.63) is 58.6 Å². The van der Waals surface area contributed by atoms with Crippen LogP contribution in [0, 0.1) is 22.7 Å². The van der Waals surface area contributed by atoms with Gasteiger partial charge in [-0.3, -0.25) is 0 Å². The average Bonchev–Trinajstić information content (AvgIpc) is 2.49. The molecular weight excluding hydrogens is 288 g/mol. The summed E-state index contributed by atoms with van der Waals surface area (Å²) in [5.74, 6) is 0. The lowest BCUT2D eigenvalue weighted by Gasteiger charge is -2.09. The standard InChI is InChI=1S/C15H9ClN4O/c16-12-3-6-14(11(7-12)9-18)20-15(21)19-13-4-1-10(8-17)2-5-13/h1-7H,(H2,19,20,21). The minimum absolute atomic E-state index is 0.275. The van der Waals surface area contributed by atoms with Crippen molar-refractivity contribution in [3.8, 4) is 12.1 Å². The zero-order valence-corrected chi connectivity index (χ0v) is 11.5. The topological polar surface area (TPSA) is 88.7 Å². The summed E-state index contributed by atoms with van der Waals surface area (Å²) in [5, 5.41) is 23.3. The molecule has 2 aromatic carbocycles. The van der Waals surface area contributed by atoms with Crippen LogP contribution in [0.2, 0.25) is 5.02 Å². The molecule has 0 radical (unpaired) electrons. The molecule has 0 heterocycles. The van der Waals surface area contributed by atoms with Gasteiger partial charge in [0.15, 0.2) is 0 Å². The second-order valence-corrected chi connectivity index (χ2v) is 4.51. The molecule has 0 unspecified atom stereocenters. The number of amides is 2. The van der Waals surface area contributed by atoms with Crippen LogP contribution in [0.15, 0.2) is 42.5 Å². The van der Waals surface area contributed by atoms with Crippen molar-refractivity contribution < 1.29 is 4.79 Å². The third kappa shape index (κ3) is 3.73. The highest BCUT2D eigenvalue weighted by molar-refractivity contribution is 6.30. The quantitative estimate of drug-likeness (QED) is 0.885. The molecule has 0 fully saturated rings. The summed E-state index contributed by atoms with van der Waals surface area (Å²) in [6, 6.07) is 14.5. The Hall–Kier alpha value is -3.02. The van der Waals surface area contributed by atoms with Crippen LogP contribution < -0.4 is 10.6 Å². The molecule has 2 rings (SSSR count). The molecule has 0 saturated heterocycles. The Morgan fingerprint density at radius 1 is 1.00 bits per heavy atom. The number of carbonyl (C=O) groups is 1. The van der Waals surface area contributed by atoms with Crippen molar-refractivity contribution in [2.75, 3.05) is 10.6 Å². The summed E-state index contributed by atoms with van der Waals surface area (Å²) in [5.41, 5.74) is 1.69. The number of nitriles is 2. The number of hydrogen-bond donors (Lipinski definition) is 2. The van der Waals surface area contributed by atoms with Crippen molar-refractivity contribution in [2.45, 2.75) is 0 Å². The lowest BCUT2D eigenvalue weighted by atomic mass is 10.2. The predicted molar refractivity (Wildman–Crippen MR) is 80.0 cm³/mol. The van der Waals surface area contributed by atoms with Gasteiger partial charge in [-0.1, -0.05) is 11.6 Å². The largest absolute Gasteiger partial charge is 0.323 e. The van der Waals surface area contributed by atoms with Gasteiger partial charge >= 0.3 is 6.03 Å². The smallest absolute Gasteiger partial charge is 0.308 e. The molecule has 0 spiro atoms. The zero-order valence-electron chi connectivity index (χ0n) is 10.7. The molecule has 0 aromatic heterocycles. The van der Waals surface area contributed by atoms with Crippen LogP contribution in [0.3, 0.4) is 0 Å². The van der Waals surface area contributed by atoms with E-state index in [0.29, 0.717) is 22.0 Å². The fraction of sp³-hybridized carbons (Fsp3) is 0. The molecule has 6 heteroatoms. The number of carbonyl (C=O) groups excluding carboxylic acids is 1. The molecule has 21 heavy (non-hydrogen) atoms. The molecule has 0 aliphatic heterocycles. The number of hydrogen-bond acceptors (Lipinski definition) is 3. The minimum atomic E-state index is -0.487. The number of urea groups is 1. The lowest BCUT2D eigenvalue weighted by Crippen LogP contribution is -2.20. The molecule has 0 bridgehead atoms. The Bertz CT molecular complexity index is 757. The second-order valence-electron chi connectivity index (χ2n) is 4.07. The van der Waals surface area contributed by atoms with Crippen LogP contribution in [-0.4, -0.2) is 6.03 Å². The lowest BCUT2D eigenvalue weighted by molar-refractivity contribution is 0.262. The van der Waals surface area contributed by atoms with E-state index in [4.69, 9.17) is 22.1 Å². The first kappa shape index (κ1) is 14.4. The van der Waals surface area contributed by atoms with Gasteiger partial charge in [0.05, 0.1) is 22.9 Å².